The van der Waals surface area contributed by atoms with Gasteiger partial charge in [0.25, 0.3) is 10.0 Å². The molecule has 7 heteroatoms. The number of hydrogen-bond donors (Lipinski definition) is 2. The van der Waals surface area contributed by atoms with Gasteiger partial charge >= 0.3 is 0 Å². The molecule has 1 aromatic heterocycles. The molecular formula is C12H22N2O4S. The summed E-state index contributed by atoms with van der Waals surface area (Å²) in [6, 6.07) is 3.02. The summed E-state index contributed by atoms with van der Waals surface area (Å²) < 4.78 is 30.1. The third kappa shape index (κ3) is 4.04. The zero-order valence-electron chi connectivity index (χ0n) is 11.8. The molecule has 19 heavy (non-hydrogen) atoms. The molecule has 0 aromatic carbocycles. The van der Waals surface area contributed by atoms with Crippen LogP contribution in [-0.4, -0.2) is 44.6 Å². The van der Waals surface area contributed by atoms with E-state index in [1.54, 1.807) is 6.07 Å². The van der Waals surface area contributed by atoms with Crippen LogP contribution in [0, 0.1) is 5.92 Å². The van der Waals surface area contributed by atoms with Crippen LogP contribution in [0.1, 0.15) is 19.6 Å². The van der Waals surface area contributed by atoms with E-state index in [0.29, 0.717) is 12.3 Å². The quantitative estimate of drug-likeness (QED) is 0.770. The van der Waals surface area contributed by atoms with Crippen LogP contribution in [0.15, 0.2) is 21.6 Å². The fraction of sp³-hybridized carbons (Fsp3) is 0.667. The van der Waals surface area contributed by atoms with Crippen LogP contribution in [0.25, 0.3) is 0 Å². The zero-order valence-corrected chi connectivity index (χ0v) is 12.6. The van der Waals surface area contributed by atoms with Gasteiger partial charge in [0.2, 0.25) is 5.09 Å². The van der Waals surface area contributed by atoms with E-state index in [1.807, 2.05) is 13.8 Å². The molecule has 0 aliphatic heterocycles. The van der Waals surface area contributed by atoms with Gasteiger partial charge in [0.15, 0.2) is 0 Å². The second-order valence-corrected chi connectivity index (χ2v) is 7.00. The normalized spacial score (nSPS) is 14.3. The summed E-state index contributed by atoms with van der Waals surface area (Å²) in [6.07, 6.45) is 0. The number of rotatable bonds is 7. The van der Waals surface area contributed by atoms with Crippen molar-refractivity contribution < 1.29 is 17.9 Å². The maximum atomic E-state index is 11.8. The van der Waals surface area contributed by atoms with Crippen LogP contribution in [0.3, 0.4) is 0 Å². The van der Waals surface area contributed by atoms with E-state index in [9.17, 15) is 13.5 Å². The smallest absolute Gasteiger partial charge is 0.275 e. The van der Waals surface area contributed by atoms with Gasteiger partial charge in [-0.3, -0.25) is 0 Å². The summed E-state index contributed by atoms with van der Waals surface area (Å²) in [6.45, 7) is 4.41. The summed E-state index contributed by atoms with van der Waals surface area (Å²) in [5.41, 5.74) is 0. The third-order valence-electron chi connectivity index (χ3n) is 2.91. The van der Waals surface area contributed by atoms with Crippen LogP contribution in [0.2, 0.25) is 0 Å². The van der Waals surface area contributed by atoms with Crippen molar-refractivity contribution >= 4 is 10.0 Å². The predicted molar refractivity (Wildman–Crippen MR) is 72.1 cm³/mol. The second-order valence-electron chi connectivity index (χ2n) is 4.92. The summed E-state index contributed by atoms with van der Waals surface area (Å²) in [5, 5.41) is 12.2. The van der Waals surface area contributed by atoms with Crippen LogP contribution in [0.4, 0.5) is 0 Å². The van der Waals surface area contributed by atoms with Crippen LogP contribution in [-0.2, 0) is 16.6 Å². The molecule has 0 saturated heterocycles. The zero-order chi connectivity index (χ0) is 14.6. The summed E-state index contributed by atoms with van der Waals surface area (Å²) in [7, 11) is -0.618. The van der Waals surface area contributed by atoms with Gasteiger partial charge in [-0.1, -0.05) is 13.8 Å². The Morgan fingerprint density at radius 3 is 2.47 bits per heavy atom. The molecule has 1 heterocycles. The average molecular weight is 290 g/mol. The summed E-state index contributed by atoms with van der Waals surface area (Å²) in [4.78, 5) is 0. The first-order valence-electron chi connectivity index (χ1n) is 6.14. The van der Waals surface area contributed by atoms with Gasteiger partial charge in [-0.2, -0.15) is 0 Å². The fourth-order valence-corrected chi connectivity index (χ4v) is 2.33. The Labute approximate surface area is 114 Å². The van der Waals surface area contributed by atoms with Crippen LogP contribution < -0.4 is 5.32 Å². The van der Waals surface area contributed by atoms with Crippen molar-refractivity contribution in [3.8, 4) is 0 Å². The Kier molecular flexibility index (Phi) is 5.54. The van der Waals surface area contributed by atoms with Crippen molar-refractivity contribution in [3.63, 3.8) is 0 Å². The first-order valence-corrected chi connectivity index (χ1v) is 7.58. The first-order chi connectivity index (χ1) is 8.78. The van der Waals surface area contributed by atoms with Gasteiger partial charge in [0.05, 0.1) is 13.2 Å². The monoisotopic (exact) mass is 290 g/mol. The summed E-state index contributed by atoms with van der Waals surface area (Å²) in [5.74, 6) is 0.810. The number of nitrogens with one attached hydrogen (secondary N) is 1. The highest BCUT2D eigenvalue weighted by molar-refractivity contribution is 7.88. The molecule has 110 valence electrons. The van der Waals surface area contributed by atoms with E-state index in [4.69, 9.17) is 4.42 Å². The predicted octanol–water partition coefficient (Wildman–Crippen LogP) is 0.636. The van der Waals surface area contributed by atoms with Crippen molar-refractivity contribution in [2.24, 2.45) is 5.92 Å². The van der Waals surface area contributed by atoms with E-state index >= 15 is 0 Å². The minimum absolute atomic E-state index is 0.0290. The number of aliphatic hydroxyl groups excluding tert-OH is 1. The van der Waals surface area contributed by atoms with Crippen LogP contribution in [0.5, 0.6) is 0 Å². The SMILES string of the molecule is CC(C)C(CO)NCc1ccc(S(=O)(=O)N(C)C)o1. The van der Waals surface area contributed by atoms with Crippen molar-refractivity contribution in [1.82, 2.24) is 9.62 Å². The van der Waals surface area contributed by atoms with Gasteiger partial charge in [-0.05, 0) is 18.1 Å². The lowest BCUT2D eigenvalue weighted by Crippen LogP contribution is -2.36. The number of nitrogens with zero attached hydrogens (tertiary/aromatic N) is 1. The van der Waals surface area contributed by atoms with E-state index < -0.39 is 10.0 Å². The Morgan fingerprint density at radius 2 is 2.00 bits per heavy atom. The average Bonchev–Trinajstić information content (AvgIpc) is 2.78. The van der Waals surface area contributed by atoms with Gasteiger partial charge in [0, 0.05) is 20.1 Å². The molecule has 1 unspecified atom stereocenters. The van der Waals surface area contributed by atoms with Crippen molar-refractivity contribution in [3.05, 3.63) is 17.9 Å². The second kappa shape index (κ2) is 6.51. The Morgan fingerprint density at radius 1 is 1.37 bits per heavy atom. The van der Waals surface area contributed by atoms with Gasteiger partial charge in [0.1, 0.15) is 5.76 Å². The maximum absolute atomic E-state index is 11.8. The Balaban J connectivity index is 2.71. The largest absolute Gasteiger partial charge is 0.447 e. The lowest BCUT2D eigenvalue weighted by Gasteiger charge is -2.19. The molecule has 1 atom stereocenters. The van der Waals surface area contributed by atoms with Crippen LogP contribution >= 0.6 is 0 Å². The van der Waals surface area contributed by atoms with Gasteiger partial charge < -0.3 is 14.8 Å². The Hall–Kier alpha value is -0.890. The molecule has 0 aliphatic carbocycles. The van der Waals surface area contributed by atoms with Gasteiger partial charge in [-0.15, -0.1) is 0 Å². The maximum Gasteiger partial charge on any atom is 0.275 e. The molecule has 0 fully saturated rings. The molecule has 1 aromatic rings. The number of furan rings is 1. The molecule has 0 aliphatic rings. The molecule has 0 saturated carbocycles. The highest BCUT2D eigenvalue weighted by Gasteiger charge is 2.21. The molecule has 0 bridgehead atoms. The molecule has 0 radical (unpaired) electrons. The molecule has 0 spiro atoms. The van der Waals surface area contributed by atoms with Crippen molar-refractivity contribution in [1.29, 1.82) is 0 Å². The number of hydrogen-bond acceptors (Lipinski definition) is 5. The first kappa shape index (κ1) is 16.2. The topological polar surface area (TPSA) is 82.8 Å². The van der Waals surface area contributed by atoms with E-state index in [2.05, 4.69) is 5.32 Å². The van der Waals surface area contributed by atoms with E-state index in [0.717, 1.165) is 4.31 Å². The standard InChI is InChI=1S/C12H22N2O4S/c1-9(2)11(8-15)13-7-10-5-6-12(18-10)19(16,17)14(3)4/h5-6,9,11,13,15H,7-8H2,1-4H3. The minimum Gasteiger partial charge on any atom is -0.447 e. The van der Waals surface area contributed by atoms with Gasteiger partial charge in [-0.25, -0.2) is 12.7 Å². The summed E-state index contributed by atoms with van der Waals surface area (Å²) >= 11 is 0. The molecule has 6 nitrogen and oxygen atoms in total. The lowest BCUT2D eigenvalue weighted by molar-refractivity contribution is 0.206. The number of aliphatic hydroxyl groups is 1. The minimum atomic E-state index is -3.53. The number of sulfonamides is 1. The van der Waals surface area contributed by atoms with Crippen molar-refractivity contribution in [2.75, 3.05) is 20.7 Å². The third-order valence-corrected chi connectivity index (χ3v) is 4.60. The van der Waals surface area contributed by atoms with E-state index in [1.165, 1.54) is 20.2 Å². The molecular weight excluding hydrogens is 268 g/mol. The fourth-order valence-electron chi connectivity index (χ4n) is 1.51. The van der Waals surface area contributed by atoms with E-state index in [-0.39, 0.29) is 23.7 Å². The molecule has 1 rings (SSSR count). The molecule has 2 N–H and O–H groups in total. The highest BCUT2D eigenvalue weighted by atomic mass is 32.2. The Bertz CT molecular complexity index is 494. The highest BCUT2D eigenvalue weighted by Crippen LogP contribution is 2.17. The lowest BCUT2D eigenvalue weighted by atomic mass is 10.1. The molecule has 0 amide bonds. The van der Waals surface area contributed by atoms with Crippen molar-refractivity contribution in [2.45, 2.75) is 31.5 Å².